The molecule has 2 heteroatoms. The van der Waals surface area contributed by atoms with E-state index in [1.54, 1.807) is 0 Å². The first-order valence-corrected chi connectivity index (χ1v) is 5.59. The van der Waals surface area contributed by atoms with E-state index >= 15 is 0 Å². The van der Waals surface area contributed by atoms with Crippen LogP contribution < -0.4 is 4.74 Å². The van der Waals surface area contributed by atoms with Crippen molar-refractivity contribution in [2.75, 3.05) is 6.61 Å². The van der Waals surface area contributed by atoms with E-state index in [1.165, 1.54) is 5.57 Å². The molecular weight excluding hydrogens is 200 g/mol. The Hall–Kier alpha value is -1.57. The fourth-order valence-corrected chi connectivity index (χ4v) is 1.83. The quantitative estimate of drug-likeness (QED) is 0.725. The molecule has 2 rings (SSSR count). The van der Waals surface area contributed by atoms with Crippen LogP contribution in [0.15, 0.2) is 29.8 Å². The van der Waals surface area contributed by atoms with Gasteiger partial charge in [-0.2, -0.15) is 0 Å². The summed E-state index contributed by atoms with van der Waals surface area (Å²) in [4.78, 5) is 11.4. The summed E-state index contributed by atoms with van der Waals surface area (Å²) in [5.41, 5.74) is 3.24. The van der Waals surface area contributed by atoms with E-state index in [2.05, 4.69) is 0 Å². The highest BCUT2D eigenvalue weighted by Crippen LogP contribution is 2.26. The molecule has 0 N–H and O–H groups in total. The van der Waals surface area contributed by atoms with Crippen molar-refractivity contribution in [3.05, 3.63) is 41.0 Å². The van der Waals surface area contributed by atoms with Gasteiger partial charge in [0.1, 0.15) is 12.4 Å². The van der Waals surface area contributed by atoms with Gasteiger partial charge in [-0.05, 0) is 50.1 Å². The van der Waals surface area contributed by atoms with Gasteiger partial charge in [0.05, 0.1) is 0 Å². The molecule has 1 aromatic carbocycles. The third-order valence-corrected chi connectivity index (χ3v) is 2.74. The van der Waals surface area contributed by atoms with Gasteiger partial charge >= 0.3 is 0 Å². The molecule has 0 radical (unpaired) electrons. The molecule has 0 amide bonds. The highest BCUT2D eigenvalue weighted by Gasteiger charge is 2.19. The molecule has 0 heterocycles. The number of ether oxygens (including phenoxy) is 1. The van der Waals surface area contributed by atoms with Gasteiger partial charge in [-0.1, -0.05) is 5.57 Å². The number of fused-ring (bicyclic) bond motifs is 1. The number of ketones is 1. The topological polar surface area (TPSA) is 26.3 Å². The molecule has 0 aromatic heterocycles. The predicted molar refractivity (Wildman–Crippen MR) is 64.0 cm³/mol. The standard InChI is InChI=1S/C14H16O2/c1-10(2)7-8-16-12-4-5-13-11(9-12)3-6-14(13)15/h4-5,7,9H,3,6,8H2,1-2H3. The second kappa shape index (κ2) is 4.52. The second-order valence-corrected chi connectivity index (χ2v) is 4.33. The van der Waals surface area contributed by atoms with E-state index in [0.29, 0.717) is 13.0 Å². The summed E-state index contributed by atoms with van der Waals surface area (Å²) in [5, 5.41) is 0. The number of carbonyl (C=O) groups excluding carboxylic acids is 1. The van der Waals surface area contributed by atoms with Gasteiger partial charge in [0.15, 0.2) is 5.78 Å². The summed E-state index contributed by atoms with van der Waals surface area (Å²) in [7, 11) is 0. The van der Waals surface area contributed by atoms with Crippen LogP contribution in [0.5, 0.6) is 5.75 Å². The SMILES string of the molecule is CC(C)=CCOc1ccc2c(c1)CCC2=O. The molecule has 0 aliphatic heterocycles. The number of Topliss-reactive ketones (excluding diaryl/α,β-unsaturated/α-hetero) is 1. The third-order valence-electron chi connectivity index (χ3n) is 2.74. The molecule has 0 saturated heterocycles. The maximum atomic E-state index is 11.4. The lowest BCUT2D eigenvalue weighted by Crippen LogP contribution is -1.96. The van der Waals surface area contributed by atoms with Crippen molar-refractivity contribution in [3.63, 3.8) is 0 Å². The first-order chi connectivity index (χ1) is 7.66. The number of hydrogen-bond donors (Lipinski definition) is 0. The minimum Gasteiger partial charge on any atom is -0.490 e. The lowest BCUT2D eigenvalue weighted by molar-refractivity contribution is 0.0994. The average molecular weight is 216 g/mol. The van der Waals surface area contributed by atoms with Crippen LogP contribution in [0.2, 0.25) is 0 Å². The molecule has 16 heavy (non-hydrogen) atoms. The van der Waals surface area contributed by atoms with Crippen molar-refractivity contribution >= 4 is 5.78 Å². The summed E-state index contributed by atoms with van der Waals surface area (Å²) >= 11 is 0. The van der Waals surface area contributed by atoms with Crippen LogP contribution >= 0.6 is 0 Å². The number of aryl methyl sites for hydroxylation is 1. The Morgan fingerprint density at radius 3 is 2.94 bits per heavy atom. The summed E-state index contributed by atoms with van der Waals surface area (Å²) in [6.45, 7) is 4.69. The maximum Gasteiger partial charge on any atom is 0.163 e. The summed E-state index contributed by atoms with van der Waals surface area (Å²) in [6, 6.07) is 5.74. The van der Waals surface area contributed by atoms with E-state index < -0.39 is 0 Å². The van der Waals surface area contributed by atoms with Gasteiger partial charge in [-0.3, -0.25) is 4.79 Å². The second-order valence-electron chi connectivity index (χ2n) is 4.33. The van der Waals surface area contributed by atoms with E-state index in [9.17, 15) is 4.79 Å². The molecule has 84 valence electrons. The van der Waals surface area contributed by atoms with Crippen molar-refractivity contribution in [1.29, 1.82) is 0 Å². The van der Waals surface area contributed by atoms with Crippen LogP contribution in [0.25, 0.3) is 0 Å². The zero-order valence-corrected chi connectivity index (χ0v) is 9.75. The monoisotopic (exact) mass is 216 g/mol. The highest BCUT2D eigenvalue weighted by molar-refractivity contribution is 6.00. The van der Waals surface area contributed by atoms with Crippen LogP contribution in [0.3, 0.4) is 0 Å². The van der Waals surface area contributed by atoms with E-state index in [1.807, 2.05) is 38.1 Å². The number of rotatable bonds is 3. The molecule has 0 atom stereocenters. The van der Waals surface area contributed by atoms with Crippen LogP contribution in [-0.4, -0.2) is 12.4 Å². The summed E-state index contributed by atoms with van der Waals surface area (Å²) < 4.78 is 5.59. The Labute approximate surface area is 95.9 Å². The lowest BCUT2D eigenvalue weighted by Gasteiger charge is -2.05. The maximum absolute atomic E-state index is 11.4. The van der Waals surface area contributed by atoms with Gasteiger partial charge < -0.3 is 4.74 Å². The zero-order valence-electron chi connectivity index (χ0n) is 9.75. The van der Waals surface area contributed by atoms with E-state index in [0.717, 1.165) is 23.3 Å². The van der Waals surface area contributed by atoms with Gasteiger partial charge in [0.25, 0.3) is 0 Å². The van der Waals surface area contributed by atoms with Crippen molar-refractivity contribution in [2.24, 2.45) is 0 Å². The van der Waals surface area contributed by atoms with Crippen LogP contribution in [-0.2, 0) is 6.42 Å². The van der Waals surface area contributed by atoms with Gasteiger partial charge in [0, 0.05) is 12.0 Å². The molecular formula is C14H16O2. The van der Waals surface area contributed by atoms with E-state index in [-0.39, 0.29) is 5.78 Å². The Balaban J connectivity index is 2.08. The molecule has 0 fully saturated rings. The number of hydrogen-bond acceptors (Lipinski definition) is 2. The first kappa shape index (κ1) is 10.9. The predicted octanol–water partition coefficient (Wildman–Crippen LogP) is 3.16. The lowest BCUT2D eigenvalue weighted by atomic mass is 10.1. The van der Waals surface area contributed by atoms with Gasteiger partial charge in [0.2, 0.25) is 0 Å². The van der Waals surface area contributed by atoms with Gasteiger partial charge in [-0.25, -0.2) is 0 Å². The number of carbonyl (C=O) groups is 1. The Morgan fingerprint density at radius 1 is 1.38 bits per heavy atom. The molecule has 1 aliphatic carbocycles. The molecule has 0 unspecified atom stereocenters. The smallest absolute Gasteiger partial charge is 0.163 e. The Kier molecular flexibility index (Phi) is 3.09. The molecule has 1 aliphatic rings. The van der Waals surface area contributed by atoms with Gasteiger partial charge in [-0.15, -0.1) is 0 Å². The van der Waals surface area contributed by atoms with E-state index in [4.69, 9.17) is 4.74 Å². The number of allylic oxidation sites excluding steroid dienone is 1. The summed E-state index contributed by atoms with van der Waals surface area (Å²) in [6.07, 6.45) is 3.54. The molecule has 2 nitrogen and oxygen atoms in total. The fraction of sp³-hybridized carbons (Fsp3) is 0.357. The third kappa shape index (κ3) is 2.32. The minimum atomic E-state index is 0.255. The highest BCUT2D eigenvalue weighted by atomic mass is 16.5. The Morgan fingerprint density at radius 2 is 2.19 bits per heavy atom. The fourth-order valence-electron chi connectivity index (χ4n) is 1.83. The summed E-state index contributed by atoms with van der Waals surface area (Å²) in [5.74, 6) is 1.11. The van der Waals surface area contributed by atoms with Crippen molar-refractivity contribution in [2.45, 2.75) is 26.7 Å². The zero-order chi connectivity index (χ0) is 11.5. The van der Waals surface area contributed by atoms with Crippen molar-refractivity contribution < 1.29 is 9.53 Å². The van der Waals surface area contributed by atoms with Crippen molar-refractivity contribution in [3.8, 4) is 5.75 Å². The number of benzene rings is 1. The molecule has 0 bridgehead atoms. The molecule has 0 spiro atoms. The Bertz CT molecular complexity index is 440. The molecule has 0 saturated carbocycles. The normalized spacial score (nSPS) is 13.5. The average Bonchev–Trinajstić information content (AvgIpc) is 2.60. The largest absolute Gasteiger partial charge is 0.490 e. The molecule has 1 aromatic rings. The first-order valence-electron chi connectivity index (χ1n) is 5.59. The van der Waals surface area contributed by atoms with Crippen LogP contribution in [0, 0.1) is 0 Å². The van der Waals surface area contributed by atoms with Crippen LogP contribution in [0.1, 0.15) is 36.2 Å². The minimum absolute atomic E-state index is 0.255. The van der Waals surface area contributed by atoms with Crippen molar-refractivity contribution in [1.82, 2.24) is 0 Å². The van der Waals surface area contributed by atoms with Crippen LogP contribution in [0.4, 0.5) is 0 Å².